The highest BCUT2D eigenvalue weighted by atomic mass is 16.2. The van der Waals surface area contributed by atoms with Crippen LogP contribution in [0.25, 0.3) is 11.1 Å². The van der Waals surface area contributed by atoms with Crippen LogP contribution < -0.4 is 10.6 Å². The van der Waals surface area contributed by atoms with E-state index in [1.807, 2.05) is 24.3 Å². The Kier molecular flexibility index (Phi) is 2.14. The Bertz CT molecular complexity index is 898. The van der Waals surface area contributed by atoms with Gasteiger partial charge in [0.15, 0.2) is 5.54 Å². The fourth-order valence-electron chi connectivity index (χ4n) is 3.97. The number of urea groups is 1. The zero-order valence-electron chi connectivity index (χ0n) is 12.8. The van der Waals surface area contributed by atoms with Crippen molar-refractivity contribution < 1.29 is 9.59 Å². The molecule has 114 valence electrons. The van der Waals surface area contributed by atoms with Crippen molar-refractivity contribution in [1.82, 2.24) is 10.6 Å². The number of rotatable bonds is 1. The minimum absolute atomic E-state index is 0.212. The molecule has 1 aliphatic heterocycles. The highest BCUT2D eigenvalue weighted by Crippen LogP contribution is 2.53. The van der Waals surface area contributed by atoms with Crippen molar-refractivity contribution in [2.45, 2.75) is 30.7 Å². The number of imide groups is 1. The highest BCUT2D eigenvalue weighted by Gasteiger charge is 2.55. The SMILES string of the molecule is CC1(c2ccc3c(c2)C2(NC(=O)NC2=O)c2ccccc2-3)CC1. The van der Waals surface area contributed by atoms with Crippen LogP contribution in [0, 0.1) is 0 Å². The van der Waals surface area contributed by atoms with Crippen molar-refractivity contribution in [3.05, 3.63) is 59.2 Å². The van der Waals surface area contributed by atoms with E-state index < -0.39 is 11.6 Å². The number of hydrogen-bond acceptors (Lipinski definition) is 2. The summed E-state index contributed by atoms with van der Waals surface area (Å²) in [5.74, 6) is -0.285. The zero-order valence-corrected chi connectivity index (χ0v) is 12.8. The van der Waals surface area contributed by atoms with Gasteiger partial charge < -0.3 is 5.32 Å². The van der Waals surface area contributed by atoms with E-state index in [4.69, 9.17) is 0 Å². The van der Waals surface area contributed by atoms with Crippen LogP contribution in [0.2, 0.25) is 0 Å². The van der Waals surface area contributed by atoms with Crippen LogP contribution in [0.5, 0.6) is 0 Å². The molecule has 2 aromatic rings. The quantitative estimate of drug-likeness (QED) is 0.796. The Morgan fingerprint density at radius 2 is 1.70 bits per heavy atom. The second-order valence-corrected chi connectivity index (χ2v) is 7.02. The molecule has 5 rings (SSSR count). The summed E-state index contributed by atoms with van der Waals surface area (Å²) in [4.78, 5) is 24.6. The molecule has 4 heteroatoms. The predicted octanol–water partition coefficient (Wildman–Crippen LogP) is 2.80. The molecule has 2 N–H and O–H groups in total. The number of carbonyl (C=O) groups excluding carboxylic acids is 2. The largest absolute Gasteiger partial charge is 0.322 e. The lowest BCUT2D eigenvalue weighted by Crippen LogP contribution is -2.43. The highest BCUT2D eigenvalue weighted by molar-refractivity contribution is 6.13. The number of hydrogen-bond donors (Lipinski definition) is 2. The van der Waals surface area contributed by atoms with Gasteiger partial charge in [-0.1, -0.05) is 49.4 Å². The maximum atomic E-state index is 12.7. The van der Waals surface area contributed by atoms with Gasteiger partial charge in [-0.25, -0.2) is 4.79 Å². The summed E-state index contributed by atoms with van der Waals surface area (Å²) < 4.78 is 0. The summed E-state index contributed by atoms with van der Waals surface area (Å²) in [6.07, 6.45) is 2.34. The fourth-order valence-corrected chi connectivity index (χ4v) is 3.97. The standard InChI is InChI=1S/C19H16N2O2/c1-18(8-9-18)11-6-7-13-12-4-2-3-5-14(12)19(15(13)10-11)16(22)20-17(23)21-19/h2-7,10H,8-9H2,1H3,(H2,20,21,22,23). The van der Waals surface area contributed by atoms with Crippen LogP contribution in [-0.2, 0) is 15.7 Å². The Labute approximate surface area is 133 Å². The monoisotopic (exact) mass is 304 g/mol. The first-order valence-corrected chi connectivity index (χ1v) is 7.93. The smallest absolute Gasteiger partial charge is 0.316 e. The van der Waals surface area contributed by atoms with E-state index in [-0.39, 0.29) is 11.3 Å². The van der Waals surface area contributed by atoms with Crippen molar-refractivity contribution in [2.24, 2.45) is 0 Å². The summed E-state index contributed by atoms with van der Waals surface area (Å²) in [7, 11) is 0. The lowest BCUT2D eigenvalue weighted by atomic mass is 9.85. The Morgan fingerprint density at radius 1 is 0.957 bits per heavy atom. The molecule has 2 aromatic carbocycles. The molecule has 1 heterocycles. The second-order valence-electron chi connectivity index (χ2n) is 7.02. The van der Waals surface area contributed by atoms with Gasteiger partial charge in [-0.2, -0.15) is 0 Å². The van der Waals surface area contributed by atoms with Crippen molar-refractivity contribution in [1.29, 1.82) is 0 Å². The zero-order chi connectivity index (χ0) is 15.8. The van der Waals surface area contributed by atoms with Gasteiger partial charge in [0.25, 0.3) is 5.91 Å². The first-order valence-electron chi connectivity index (χ1n) is 7.93. The maximum Gasteiger partial charge on any atom is 0.322 e. The summed E-state index contributed by atoms with van der Waals surface area (Å²) >= 11 is 0. The van der Waals surface area contributed by atoms with Crippen molar-refractivity contribution in [3.63, 3.8) is 0 Å². The number of carbonyl (C=O) groups is 2. The molecule has 1 atom stereocenters. The van der Waals surface area contributed by atoms with Gasteiger partial charge >= 0.3 is 6.03 Å². The molecule has 1 saturated carbocycles. The number of benzene rings is 2. The van der Waals surface area contributed by atoms with Gasteiger partial charge in [0, 0.05) is 0 Å². The second kappa shape index (κ2) is 3.82. The molecule has 1 saturated heterocycles. The molecule has 0 bridgehead atoms. The van der Waals surface area contributed by atoms with Crippen molar-refractivity contribution in [3.8, 4) is 11.1 Å². The minimum Gasteiger partial charge on any atom is -0.316 e. The van der Waals surface area contributed by atoms with Gasteiger partial charge in [-0.3, -0.25) is 10.1 Å². The summed E-state index contributed by atoms with van der Waals surface area (Å²) in [5.41, 5.74) is 4.19. The summed E-state index contributed by atoms with van der Waals surface area (Å²) in [6.45, 7) is 2.25. The van der Waals surface area contributed by atoms with Crippen LogP contribution >= 0.6 is 0 Å². The number of fused-ring (bicyclic) bond motifs is 5. The van der Waals surface area contributed by atoms with E-state index in [0.717, 1.165) is 22.3 Å². The molecular weight excluding hydrogens is 288 g/mol. The van der Waals surface area contributed by atoms with Crippen LogP contribution in [0.3, 0.4) is 0 Å². The molecule has 1 unspecified atom stereocenters. The molecule has 3 aliphatic rings. The maximum absolute atomic E-state index is 12.7. The van der Waals surface area contributed by atoms with Gasteiger partial charge in [-0.15, -0.1) is 0 Å². The third-order valence-corrected chi connectivity index (χ3v) is 5.61. The molecular formula is C19H16N2O2. The van der Waals surface area contributed by atoms with E-state index in [2.05, 4.69) is 35.8 Å². The lowest BCUT2D eigenvalue weighted by Gasteiger charge is -2.24. The Morgan fingerprint density at radius 3 is 2.39 bits per heavy atom. The number of amides is 3. The normalized spacial score (nSPS) is 25.8. The summed E-state index contributed by atoms with van der Waals surface area (Å²) in [5, 5.41) is 5.31. The van der Waals surface area contributed by atoms with Crippen LogP contribution in [-0.4, -0.2) is 11.9 Å². The van der Waals surface area contributed by atoms with E-state index in [0.29, 0.717) is 0 Å². The lowest BCUT2D eigenvalue weighted by molar-refractivity contribution is -0.122. The fraction of sp³-hybridized carbons (Fsp3) is 0.263. The topological polar surface area (TPSA) is 58.2 Å². The van der Waals surface area contributed by atoms with E-state index in [9.17, 15) is 9.59 Å². The van der Waals surface area contributed by atoms with Crippen LogP contribution in [0.1, 0.15) is 36.5 Å². The molecule has 2 fully saturated rings. The van der Waals surface area contributed by atoms with Crippen LogP contribution in [0.15, 0.2) is 42.5 Å². The van der Waals surface area contributed by atoms with Crippen molar-refractivity contribution in [2.75, 3.05) is 0 Å². The summed E-state index contributed by atoms with van der Waals surface area (Å²) in [6, 6.07) is 13.8. The van der Waals surface area contributed by atoms with Crippen molar-refractivity contribution >= 4 is 11.9 Å². The Hall–Kier alpha value is -2.62. The molecule has 3 amide bonds. The molecule has 1 spiro atoms. The minimum atomic E-state index is -1.08. The van der Waals surface area contributed by atoms with E-state index in [1.54, 1.807) is 0 Å². The third-order valence-electron chi connectivity index (χ3n) is 5.61. The predicted molar refractivity (Wildman–Crippen MR) is 85.9 cm³/mol. The van der Waals surface area contributed by atoms with E-state index in [1.165, 1.54) is 18.4 Å². The first kappa shape index (κ1) is 12.9. The average Bonchev–Trinajstić information content (AvgIpc) is 3.14. The molecule has 4 nitrogen and oxygen atoms in total. The van der Waals surface area contributed by atoms with Gasteiger partial charge in [-0.05, 0) is 46.1 Å². The average molecular weight is 304 g/mol. The van der Waals surface area contributed by atoms with Gasteiger partial charge in [0.05, 0.1) is 0 Å². The molecule has 23 heavy (non-hydrogen) atoms. The first-order chi connectivity index (χ1) is 11.0. The molecule has 0 radical (unpaired) electrons. The Balaban J connectivity index is 1.83. The van der Waals surface area contributed by atoms with Gasteiger partial charge in [0.2, 0.25) is 0 Å². The number of nitrogens with one attached hydrogen (secondary N) is 2. The van der Waals surface area contributed by atoms with Crippen LogP contribution in [0.4, 0.5) is 4.79 Å². The molecule has 2 aliphatic carbocycles. The van der Waals surface area contributed by atoms with E-state index >= 15 is 0 Å². The molecule has 0 aromatic heterocycles. The third kappa shape index (κ3) is 1.46. The van der Waals surface area contributed by atoms with Gasteiger partial charge in [0.1, 0.15) is 0 Å².